The SMILES string of the molecule is CC.CC12CC[C@@]34C[C@@]35CC[C@H](OC3CN([C@H]6CCNC6=O)CCO3)C(C)(C)C5CCC4C1CC1OC([C@H](O)C(C)(C)O)CCC12.[HH]. The van der Waals surface area contributed by atoms with E-state index in [0.29, 0.717) is 47.2 Å². The minimum Gasteiger partial charge on any atom is -0.388 e. The van der Waals surface area contributed by atoms with E-state index in [1.807, 2.05) is 13.8 Å². The number of rotatable bonds is 5. The molecule has 3 saturated heterocycles. The number of aliphatic hydroxyl groups is 2. The number of nitrogens with zero attached hydrogens (tertiary/aromatic N) is 1. The highest BCUT2D eigenvalue weighted by Crippen LogP contribution is 2.87. The molecule has 13 atom stereocenters. The van der Waals surface area contributed by atoms with Crippen LogP contribution in [0.4, 0.5) is 0 Å². The number of ether oxygens (including phenoxy) is 3. The lowest BCUT2D eigenvalue weighted by molar-refractivity contribution is -0.247. The first kappa shape index (κ1) is 33.7. The van der Waals surface area contributed by atoms with E-state index in [1.165, 1.54) is 38.5 Å². The normalized spacial score (nSPS) is 50.0. The van der Waals surface area contributed by atoms with Gasteiger partial charge in [-0.2, -0.15) is 0 Å². The third-order valence-electron chi connectivity index (χ3n) is 15.5. The lowest BCUT2D eigenvalue weighted by Gasteiger charge is -2.60. The molecular weight excluding hydrogens is 580 g/mol. The van der Waals surface area contributed by atoms with Gasteiger partial charge >= 0.3 is 0 Å². The molecule has 1 amide bonds. The molecule has 8 nitrogen and oxygen atoms in total. The van der Waals surface area contributed by atoms with Crippen molar-refractivity contribution in [3.63, 3.8) is 0 Å². The highest BCUT2D eigenvalue weighted by Gasteiger charge is 2.80. The second-order valence-corrected chi connectivity index (χ2v) is 17.9. The zero-order valence-corrected chi connectivity index (χ0v) is 29.9. The van der Waals surface area contributed by atoms with Gasteiger partial charge in [-0.1, -0.05) is 34.6 Å². The average Bonchev–Trinajstić information content (AvgIpc) is 3.32. The monoisotopic (exact) mass is 646 g/mol. The Bertz CT molecular complexity index is 1160. The number of hydrogen-bond donors (Lipinski definition) is 3. The zero-order chi connectivity index (χ0) is 32.9. The third kappa shape index (κ3) is 4.92. The summed E-state index contributed by atoms with van der Waals surface area (Å²) in [5.41, 5.74) is 0.223. The fraction of sp³-hybridized carbons (Fsp3) is 0.974. The first-order valence-corrected chi connectivity index (χ1v) is 19.1. The van der Waals surface area contributed by atoms with E-state index in [0.717, 1.165) is 51.1 Å². The molecule has 0 aromatic rings. The second-order valence-electron chi connectivity index (χ2n) is 17.9. The van der Waals surface area contributed by atoms with Gasteiger partial charge in [0.25, 0.3) is 0 Å². The Balaban J connectivity index is 0.00000126. The molecule has 46 heavy (non-hydrogen) atoms. The molecule has 0 bridgehead atoms. The standard InChI is InChI=1S/C36H58N2O6.C2H6.H2/c1-32(2)27-9-7-21-23-18-26-22(6-8-25(43-26)30(39)33(3,4)41)34(23,5)13-14-35(21)20-36(27,35)12-10-28(32)44-29-19-38(16-17-42-29)24-11-15-37-31(24)40;1-2;/h21-30,39,41H,6-20H2,1-5H3,(H,37,40);1-2H3;1H/t21?,22?,23?,24-,25?,26?,27?,28-,29?,30-,34?,35-,36+;;/m0../s1. The lowest BCUT2D eigenvalue weighted by atomic mass is 9.46. The summed E-state index contributed by atoms with van der Waals surface area (Å²) in [6.45, 7) is 17.8. The molecule has 3 aliphatic heterocycles. The average molecular weight is 647 g/mol. The lowest BCUT2D eigenvalue weighted by Crippen LogP contribution is -2.57. The fourth-order valence-corrected chi connectivity index (χ4v) is 13.3. The molecule has 8 heteroatoms. The van der Waals surface area contributed by atoms with E-state index in [4.69, 9.17) is 14.2 Å². The van der Waals surface area contributed by atoms with Crippen LogP contribution in [0, 0.1) is 45.3 Å². The van der Waals surface area contributed by atoms with Crippen LogP contribution < -0.4 is 5.32 Å². The molecule has 8 fully saturated rings. The molecule has 264 valence electrons. The van der Waals surface area contributed by atoms with Crippen LogP contribution >= 0.6 is 0 Å². The number of carbonyl (C=O) groups is 1. The van der Waals surface area contributed by atoms with Crippen LogP contribution in [0.1, 0.15) is 121 Å². The number of morpholine rings is 1. The van der Waals surface area contributed by atoms with E-state index in [1.54, 1.807) is 13.8 Å². The Morgan fingerprint density at radius 1 is 1.00 bits per heavy atom. The molecule has 2 spiro atoms. The molecule has 8 unspecified atom stereocenters. The third-order valence-corrected chi connectivity index (χ3v) is 15.5. The minimum absolute atomic E-state index is 0. The summed E-state index contributed by atoms with van der Waals surface area (Å²) >= 11 is 0. The van der Waals surface area contributed by atoms with Crippen molar-refractivity contribution in [1.29, 1.82) is 0 Å². The summed E-state index contributed by atoms with van der Waals surface area (Å²) in [5.74, 6) is 2.90. The molecule has 0 aromatic carbocycles. The maximum atomic E-state index is 12.4. The highest BCUT2D eigenvalue weighted by molar-refractivity contribution is 5.83. The Labute approximate surface area is 279 Å². The van der Waals surface area contributed by atoms with Crippen molar-refractivity contribution in [3.05, 3.63) is 0 Å². The van der Waals surface area contributed by atoms with Gasteiger partial charge in [-0.15, -0.1) is 0 Å². The Hall–Kier alpha value is -0.770. The predicted molar refractivity (Wildman–Crippen MR) is 179 cm³/mol. The first-order valence-electron chi connectivity index (χ1n) is 19.1. The maximum absolute atomic E-state index is 12.4. The van der Waals surface area contributed by atoms with Gasteiger partial charge in [0.15, 0.2) is 6.29 Å². The summed E-state index contributed by atoms with van der Waals surface area (Å²) in [6, 6.07) is -0.0338. The topological polar surface area (TPSA) is 100 Å². The van der Waals surface area contributed by atoms with Gasteiger partial charge in [0, 0.05) is 14.5 Å². The van der Waals surface area contributed by atoms with Gasteiger partial charge < -0.3 is 29.7 Å². The van der Waals surface area contributed by atoms with Crippen molar-refractivity contribution < 1.29 is 30.6 Å². The van der Waals surface area contributed by atoms with Crippen LogP contribution in [0.15, 0.2) is 0 Å². The van der Waals surface area contributed by atoms with Crippen LogP contribution in [-0.4, -0.2) is 89.6 Å². The molecule has 5 saturated carbocycles. The number of hydrogen-bond acceptors (Lipinski definition) is 7. The molecule has 0 aromatic heterocycles. The molecule has 5 aliphatic carbocycles. The summed E-state index contributed by atoms with van der Waals surface area (Å²) < 4.78 is 19.7. The number of amides is 1. The molecule has 0 radical (unpaired) electrons. The van der Waals surface area contributed by atoms with Gasteiger partial charge in [0.1, 0.15) is 6.10 Å². The Morgan fingerprint density at radius 3 is 2.48 bits per heavy atom. The van der Waals surface area contributed by atoms with Crippen LogP contribution in [0.2, 0.25) is 0 Å². The van der Waals surface area contributed by atoms with Gasteiger partial charge in [0.2, 0.25) is 5.91 Å². The van der Waals surface area contributed by atoms with Crippen molar-refractivity contribution >= 4 is 5.91 Å². The largest absolute Gasteiger partial charge is 0.388 e. The summed E-state index contributed by atoms with van der Waals surface area (Å²) in [5, 5.41) is 24.3. The molecule has 3 heterocycles. The van der Waals surface area contributed by atoms with Gasteiger partial charge in [0.05, 0.1) is 43.1 Å². The molecule has 8 aliphatic rings. The zero-order valence-electron chi connectivity index (χ0n) is 29.9. The van der Waals surface area contributed by atoms with Crippen LogP contribution in [0.3, 0.4) is 0 Å². The van der Waals surface area contributed by atoms with Crippen LogP contribution in [0.25, 0.3) is 0 Å². The van der Waals surface area contributed by atoms with Gasteiger partial charge in [-0.25, -0.2) is 0 Å². The minimum atomic E-state index is -1.14. The van der Waals surface area contributed by atoms with E-state index >= 15 is 0 Å². The van der Waals surface area contributed by atoms with Crippen molar-refractivity contribution in [2.75, 3.05) is 26.2 Å². The Morgan fingerprint density at radius 2 is 1.76 bits per heavy atom. The van der Waals surface area contributed by atoms with Gasteiger partial charge in [-0.3, -0.25) is 9.69 Å². The summed E-state index contributed by atoms with van der Waals surface area (Å²) in [7, 11) is 0. The maximum Gasteiger partial charge on any atom is 0.237 e. The molecule has 3 N–H and O–H groups in total. The van der Waals surface area contributed by atoms with E-state index in [-0.39, 0.29) is 43.4 Å². The summed E-state index contributed by atoms with van der Waals surface area (Å²) in [6.07, 6.45) is 12.1. The molecular formula is C38H66N2O6. The summed E-state index contributed by atoms with van der Waals surface area (Å²) in [4.78, 5) is 14.6. The quantitative estimate of drug-likeness (QED) is 0.361. The van der Waals surface area contributed by atoms with Crippen LogP contribution in [-0.2, 0) is 19.0 Å². The van der Waals surface area contributed by atoms with E-state index < -0.39 is 11.7 Å². The second kappa shape index (κ2) is 11.7. The number of carbonyl (C=O) groups excluding carboxylic acids is 1. The van der Waals surface area contributed by atoms with E-state index in [9.17, 15) is 15.0 Å². The first-order chi connectivity index (χ1) is 21.8. The number of aliphatic hydroxyl groups excluding tert-OH is 1. The van der Waals surface area contributed by atoms with Crippen molar-refractivity contribution in [2.24, 2.45) is 45.3 Å². The fourth-order valence-electron chi connectivity index (χ4n) is 13.3. The van der Waals surface area contributed by atoms with E-state index in [2.05, 4.69) is 31.0 Å². The van der Waals surface area contributed by atoms with Crippen molar-refractivity contribution in [3.8, 4) is 0 Å². The van der Waals surface area contributed by atoms with Crippen LogP contribution in [0.5, 0.6) is 0 Å². The smallest absolute Gasteiger partial charge is 0.237 e. The van der Waals surface area contributed by atoms with Crippen molar-refractivity contribution in [2.45, 2.75) is 161 Å². The predicted octanol–water partition coefficient (Wildman–Crippen LogP) is 5.53. The van der Waals surface area contributed by atoms with Gasteiger partial charge in [-0.05, 0) is 130 Å². The van der Waals surface area contributed by atoms with Crippen molar-refractivity contribution in [1.82, 2.24) is 10.2 Å². The highest BCUT2D eigenvalue weighted by atomic mass is 16.7. The molecule has 8 rings (SSSR count). The number of fused-ring (bicyclic) bond motifs is 4. The Kier molecular flexibility index (Phi) is 8.54. The number of nitrogens with one attached hydrogen (secondary N) is 1.